The molecule has 2 saturated heterocycles. The largest absolute Gasteiger partial charge is 0.452 e. The molecule has 0 aromatic rings. The van der Waals surface area contributed by atoms with E-state index < -0.39 is 71.9 Å². The van der Waals surface area contributed by atoms with Crippen molar-refractivity contribution in [2.24, 2.45) is 17.8 Å². The van der Waals surface area contributed by atoms with Gasteiger partial charge in [-0.2, -0.15) is 0 Å². The second kappa shape index (κ2) is 17.1. The smallest absolute Gasteiger partial charge is 0.308 e. The number of carbonyl (C=O) groups excluding carboxylic acids is 6. The first-order chi connectivity index (χ1) is 21.1. The van der Waals surface area contributed by atoms with Crippen LogP contribution in [0.15, 0.2) is 0 Å². The Morgan fingerprint density at radius 1 is 0.933 bits per heavy atom. The van der Waals surface area contributed by atoms with Gasteiger partial charge < -0.3 is 35.2 Å². The number of esters is 1. The van der Waals surface area contributed by atoms with Gasteiger partial charge in [0.1, 0.15) is 24.2 Å². The number of halogens is 1. The number of ether oxygens (including phenoxy) is 1. The monoisotopic (exact) mass is 657 g/mol. The van der Waals surface area contributed by atoms with Gasteiger partial charge in [0.15, 0.2) is 6.10 Å². The van der Waals surface area contributed by atoms with E-state index in [0.29, 0.717) is 19.3 Å². The Balaban J connectivity index is 2.61. The highest BCUT2D eigenvalue weighted by Crippen LogP contribution is 2.28. The molecule has 0 unspecified atom stereocenters. The second-order valence-electron chi connectivity index (χ2n) is 12.6. The van der Waals surface area contributed by atoms with Crippen LogP contribution in [0.2, 0.25) is 0 Å². The maximum atomic E-state index is 14.1. The van der Waals surface area contributed by atoms with Crippen molar-refractivity contribution in [1.29, 1.82) is 0 Å². The van der Waals surface area contributed by atoms with Crippen molar-refractivity contribution >= 4 is 47.1 Å². The molecule has 2 heterocycles. The standard InChI is InChI=1S/C31H52ClN5O8/c1-9-17(3)24-30(43)36(8)26(18(4)10-2)31(44)35(7)20(6)27(40)33-13-11-23(39)45-22(15-21(38)16-32)29(42)37-14-12-19(5)25(37)28(41)34-24/h17-22,24-26,38H,9-16H2,1-8H3,(H,33,40)(H,34,41)/t17-,18-,19+,20+,21-,22-,24-,25-,26-/m0/s1. The van der Waals surface area contributed by atoms with Gasteiger partial charge in [-0.1, -0.05) is 47.5 Å². The summed E-state index contributed by atoms with van der Waals surface area (Å²) in [5.74, 6) is -4.46. The van der Waals surface area contributed by atoms with E-state index in [2.05, 4.69) is 10.6 Å². The lowest BCUT2D eigenvalue weighted by Crippen LogP contribution is -2.61. The average molecular weight is 658 g/mol. The number of rotatable bonds is 7. The molecule has 45 heavy (non-hydrogen) atoms. The first-order valence-corrected chi connectivity index (χ1v) is 16.5. The van der Waals surface area contributed by atoms with Gasteiger partial charge in [0.25, 0.3) is 5.91 Å². The zero-order chi connectivity index (χ0) is 34.2. The normalized spacial score (nSPS) is 30.4. The van der Waals surface area contributed by atoms with Gasteiger partial charge in [0, 0.05) is 39.5 Å². The number of aliphatic hydroxyl groups is 1. The van der Waals surface area contributed by atoms with Crippen LogP contribution in [-0.2, 0) is 33.5 Å². The minimum absolute atomic E-state index is 0.126. The number of nitrogens with zero attached hydrogens (tertiary/aromatic N) is 3. The summed E-state index contributed by atoms with van der Waals surface area (Å²) in [4.78, 5) is 85.4. The van der Waals surface area contributed by atoms with E-state index in [4.69, 9.17) is 16.3 Å². The fourth-order valence-corrected chi connectivity index (χ4v) is 5.94. The minimum atomic E-state index is -1.42. The highest BCUT2D eigenvalue weighted by atomic mass is 35.5. The van der Waals surface area contributed by atoms with Crippen LogP contribution in [-0.4, -0.2) is 125 Å². The number of fused-ring (bicyclic) bond motifs is 1. The summed E-state index contributed by atoms with van der Waals surface area (Å²) >= 11 is 5.79. The van der Waals surface area contributed by atoms with Gasteiger partial charge in [-0.15, -0.1) is 11.6 Å². The number of amides is 5. The lowest BCUT2D eigenvalue weighted by Gasteiger charge is -2.39. The SMILES string of the molecule is CC[C@H](C)[C@@H]1NC(=O)[C@@H]2[C@H](C)CCN2C(=O)[C@H](C[C@H](O)CCl)OC(=O)CCNC(=O)[C@@H](C)N(C)C(=O)[C@H]([C@@H](C)CC)N(C)C1=O. The van der Waals surface area contributed by atoms with Crippen LogP contribution in [0.3, 0.4) is 0 Å². The molecule has 256 valence electrons. The first-order valence-electron chi connectivity index (χ1n) is 16.0. The number of alkyl halides is 1. The van der Waals surface area contributed by atoms with Gasteiger partial charge in [-0.05, 0) is 31.1 Å². The maximum absolute atomic E-state index is 14.1. The molecular formula is C31H52ClN5O8. The highest BCUT2D eigenvalue weighted by molar-refractivity contribution is 6.18. The highest BCUT2D eigenvalue weighted by Gasteiger charge is 2.45. The van der Waals surface area contributed by atoms with Gasteiger partial charge in [0.2, 0.25) is 23.6 Å². The molecular weight excluding hydrogens is 606 g/mol. The molecule has 2 aliphatic heterocycles. The Morgan fingerprint density at radius 2 is 1.56 bits per heavy atom. The minimum Gasteiger partial charge on any atom is -0.452 e. The summed E-state index contributed by atoms with van der Waals surface area (Å²) in [6.45, 7) is 10.9. The summed E-state index contributed by atoms with van der Waals surface area (Å²) in [5, 5.41) is 15.8. The number of cyclic esters (lactones) is 1. The molecule has 14 heteroatoms. The number of likely N-dealkylation sites (N-methyl/N-ethyl adjacent to an activating group) is 2. The van der Waals surface area contributed by atoms with Crippen LogP contribution in [0.4, 0.5) is 0 Å². The lowest BCUT2D eigenvalue weighted by atomic mass is 9.92. The Hall–Kier alpha value is -2.93. The molecule has 0 aromatic heterocycles. The van der Waals surface area contributed by atoms with Crippen molar-refractivity contribution in [3.8, 4) is 0 Å². The summed E-state index contributed by atoms with van der Waals surface area (Å²) in [6, 6.07) is -3.81. The molecule has 9 atom stereocenters. The van der Waals surface area contributed by atoms with E-state index >= 15 is 0 Å². The number of nitrogens with one attached hydrogen (secondary N) is 2. The second-order valence-corrected chi connectivity index (χ2v) is 12.9. The van der Waals surface area contributed by atoms with E-state index in [1.54, 1.807) is 6.92 Å². The van der Waals surface area contributed by atoms with E-state index in [1.165, 1.54) is 28.8 Å². The zero-order valence-corrected chi connectivity index (χ0v) is 28.6. The molecule has 0 spiro atoms. The van der Waals surface area contributed by atoms with E-state index in [-0.39, 0.29) is 49.6 Å². The van der Waals surface area contributed by atoms with Crippen LogP contribution in [0, 0.1) is 17.8 Å². The first kappa shape index (κ1) is 38.3. The quantitative estimate of drug-likeness (QED) is 0.268. The van der Waals surface area contributed by atoms with Crippen LogP contribution >= 0.6 is 11.6 Å². The predicted octanol–water partition coefficient (Wildman–Crippen LogP) is 0.896. The molecule has 0 bridgehead atoms. The predicted molar refractivity (Wildman–Crippen MR) is 168 cm³/mol. The molecule has 2 aliphatic rings. The van der Waals surface area contributed by atoms with Crippen molar-refractivity contribution in [2.75, 3.05) is 33.1 Å². The molecule has 2 rings (SSSR count). The number of aliphatic hydroxyl groups excluding tert-OH is 1. The van der Waals surface area contributed by atoms with Crippen molar-refractivity contribution in [3.05, 3.63) is 0 Å². The summed E-state index contributed by atoms with van der Waals surface area (Å²) < 4.78 is 5.48. The maximum Gasteiger partial charge on any atom is 0.308 e. The Kier molecular flexibility index (Phi) is 14.5. The lowest BCUT2D eigenvalue weighted by molar-refractivity contribution is -0.163. The van der Waals surface area contributed by atoms with Gasteiger partial charge in [0.05, 0.1) is 12.5 Å². The van der Waals surface area contributed by atoms with Crippen molar-refractivity contribution in [3.63, 3.8) is 0 Å². The van der Waals surface area contributed by atoms with Crippen molar-refractivity contribution < 1.29 is 38.6 Å². The fraction of sp³-hybridized carbons (Fsp3) is 0.806. The summed E-state index contributed by atoms with van der Waals surface area (Å²) in [5.41, 5.74) is 0. The Labute approximate surface area is 271 Å². The average Bonchev–Trinajstić information content (AvgIpc) is 3.41. The molecule has 0 saturated carbocycles. The number of hydrogen-bond acceptors (Lipinski definition) is 8. The third kappa shape index (κ3) is 9.31. The van der Waals surface area contributed by atoms with E-state index in [0.717, 1.165) is 0 Å². The molecule has 0 aromatic carbocycles. The number of hydrogen-bond donors (Lipinski definition) is 3. The van der Waals surface area contributed by atoms with E-state index in [1.807, 2.05) is 34.6 Å². The molecule has 3 N–H and O–H groups in total. The summed E-state index contributed by atoms with van der Waals surface area (Å²) in [6.07, 6.45) is -1.52. The molecule has 0 aliphatic carbocycles. The zero-order valence-electron chi connectivity index (χ0n) is 27.9. The molecule has 13 nitrogen and oxygen atoms in total. The van der Waals surface area contributed by atoms with Gasteiger partial charge in [-0.25, -0.2) is 0 Å². The van der Waals surface area contributed by atoms with Crippen LogP contribution < -0.4 is 10.6 Å². The van der Waals surface area contributed by atoms with Crippen LogP contribution in [0.5, 0.6) is 0 Å². The third-order valence-corrected chi connectivity index (χ3v) is 9.74. The van der Waals surface area contributed by atoms with Crippen molar-refractivity contribution in [1.82, 2.24) is 25.3 Å². The Morgan fingerprint density at radius 3 is 2.13 bits per heavy atom. The third-order valence-electron chi connectivity index (χ3n) is 9.38. The summed E-state index contributed by atoms with van der Waals surface area (Å²) in [7, 11) is 3.02. The number of carbonyl (C=O) groups is 6. The fourth-order valence-electron chi connectivity index (χ4n) is 5.81. The van der Waals surface area contributed by atoms with E-state index in [9.17, 15) is 33.9 Å². The topological polar surface area (TPSA) is 166 Å². The van der Waals surface area contributed by atoms with Gasteiger partial charge >= 0.3 is 5.97 Å². The molecule has 5 amide bonds. The molecule has 2 fully saturated rings. The van der Waals surface area contributed by atoms with Crippen molar-refractivity contribution in [2.45, 2.75) is 110 Å². The molecule has 0 radical (unpaired) electrons. The van der Waals surface area contributed by atoms with Gasteiger partial charge in [-0.3, -0.25) is 28.8 Å². The van der Waals surface area contributed by atoms with Crippen LogP contribution in [0.25, 0.3) is 0 Å². The Bertz CT molecular complexity index is 1090. The van der Waals surface area contributed by atoms with Crippen LogP contribution in [0.1, 0.15) is 73.6 Å².